The number of alkyl carbamates (subject to hydrolysis) is 1. The Balaban J connectivity index is 2.53. The Morgan fingerprint density at radius 3 is 2.17 bits per heavy atom. The lowest BCUT2D eigenvalue weighted by Gasteiger charge is -2.37. The van der Waals surface area contributed by atoms with Crippen molar-refractivity contribution in [3.05, 3.63) is 35.4 Å². The first-order chi connectivity index (χ1) is 16.5. The molecule has 1 aliphatic rings. The molecule has 1 fully saturated rings. The first-order valence-corrected chi connectivity index (χ1v) is 12.5. The molecular formula is C27H42N4O5. The minimum Gasteiger partial charge on any atom is -0.444 e. The maximum absolute atomic E-state index is 14.1. The highest BCUT2D eigenvalue weighted by Gasteiger charge is 2.48. The highest BCUT2D eigenvalue weighted by atomic mass is 16.6. The van der Waals surface area contributed by atoms with E-state index in [1.54, 1.807) is 25.7 Å². The molecule has 0 spiro atoms. The van der Waals surface area contributed by atoms with E-state index in [-0.39, 0.29) is 30.7 Å². The monoisotopic (exact) mass is 502 g/mol. The van der Waals surface area contributed by atoms with E-state index in [4.69, 9.17) is 10.5 Å². The van der Waals surface area contributed by atoms with Crippen molar-refractivity contribution in [3.8, 4) is 0 Å². The Morgan fingerprint density at radius 1 is 1.11 bits per heavy atom. The highest BCUT2D eigenvalue weighted by molar-refractivity contribution is 5.93. The molecular weight excluding hydrogens is 460 g/mol. The van der Waals surface area contributed by atoms with Crippen LogP contribution in [-0.2, 0) is 19.1 Å². The summed E-state index contributed by atoms with van der Waals surface area (Å²) in [5, 5.41) is 5.64. The number of nitrogens with one attached hydrogen (secondary N) is 2. The molecule has 36 heavy (non-hydrogen) atoms. The molecule has 0 aliphatic heterocycles. The molecule has 1 aliphatic carbocycles. The number of hydrogen-bond donors (Lipinski definition) is 3. The molecule has 0 radical (unpaired) electrons. The lowest BCUT2D eigenvalue weighted by atomic mass is 9.96. The van der Waals surface area contributed by atoms with Crippen molar-refractivity contribution in [2.75, 3.05) is 0 Å². The fourth-order valence-corrected chi connectivity index (χ4v) is 4.09. The van der Waals surface area contributed by atoms with Crippen LogP contribution in [0.3, 0.4) is 0 Å². The summed E-state index contributed by atoms with van der Waals surface area (Å²) in [6.45, 7) is 14.7. The average Bonchev–Trinajstić information content (AvgIpc) is 3.42. The van der Waals surface area contributed by atoms with E-state index in [1.807, 2.05) is 58.9 Å². The third kappa shape index (κ3) is 8.53. The predicted octanol–water partition coefficient (Wildman–Crippen LogP) is 3.35. The zero-order valence-electron chi connectivity index (χ0n) is 22.8. The number of nitrogens with two attached hydrogens (primary N) is 1. The van der Waals surface area contributed by atoms with Gasteiger partial charge in [0.05, 0.1) is 0 Å². The van der Waals surface area contributed by atoms with Crippen LogP contribution >= 0.6 is 0 Å². The summed E-state index contributed by atoms with van der Waals surface area (Å²) in [7, 11) is 0. The van der Waals surface area contributed by atoms with Gasteiger partial charge >= 0.3 is 6.09 Å². The van der Waals surface area contributed by atoms with Crippen molar-refractivity contribution in [3.63, 3.8) is 0 Å². The van der Waals surface area contributed by atoms with Gasteiger partial charge in [0.25, 0.3) is 0 Å². The van der Waals surface area contributed by atoms with E-state index in [0.29, 0.717) is 5.56 Å². The number of primary amides is 1. The van der Waals surface area contributed by atoms with Crippen LogP contribution in [0.2, 0.25) is 0 Å². The normalized spacial score (nSPS) is 19.0. The van der Waals surface area contributed by atoms with Crippen LogP contribution in [0.25, 0.3) is 0 Å². The van der Waals surface area contributed by atoms with Crippen molar-refractivity contribution in [2.45, 2.75) is 104 Å². The van der Waals surface area contributed by atoms with E-state index in [2.05, 4.69) is 10.6 Å². The molecule has 2 rings (SSSR count). The minimum absolute atomic E-state index is 0.00755. The molecule has 1 aromatic carbocycles. The van der Waals surface area contributed by atoms with Crippen LogP contribution < -0.4 is 16.4 Å². The van der Waals surface area contributed by atoms with Gasteiger partial charge in [0.15, 0.2) is 0 Å². The topological polar surface area (TPSA) is 131 Å². The summed E-state index contributed by atoms with van der Waals surface area (Å²) in [4.78, 5) is 53.6. The number of rotatable bonds is 9. The molecule has 0 saturated heterocycles. The van der Waals surface area contributed by atoms with Crippen molar-refractivity contribution in [1.29, 1.82) is 0 Å². The van der Waals surface area contributed by atoms with E-state index >= 15 is 0 Å². The fraction of sp³-hybridized carbons (Fsp3) is 0.630. The Bertz CT molecular complexity index is 979. The van der Waals surface area contributed by atoms with Crippen LogP contribution in [0.1, 0.15) is 84.9 Å². The predicted molar refractivity (Wildman–Crippen MR) is 138 cm³/mol. The number of amides is 4. The molecule has 4 N–H and O–H groups in total. The Hall–Kier alpha value is -3.10. The summed E-state index contributed by atoms with van der Waals surface area (Å²) < 4.78 is 5.36. The molecule has 4 amide bonds. The maximum Gasteiger partial charge on any atom is 0.408 e. The van der Waals surface area contributed by atoms with Crippen LogP contribution in [0.15, 0.2) is 24.3 Å². The van der Waals surface area contributed by atoms with E-state index in [1.165, 1.54) is 0 Å². The van der Waals surface area contributed by atoms with Gasteiger partial charge in [0, 0.05) is 18.0 Å². The van der Waals surface area contributed by atoms with Crippen molar-refractivity contribution in [2.24, 2.45) is 11.7 Å². The smallest absolute Gasteiger partial charge is 0.408 e. The summed E-state index contributed by atoms with van der Waals surface area (Å²) in [5.41, 5.74) is 5.63. The molecule has 0 aromatic heterocycles. The van der Waals surface area contributed by atoms with E-state index < -0.39 is 41.1 Å². The first-order valence-electron chi connectivity index (χ1n) is 12.5. The number of hydrogen-bond acceptors (Lipinski definition) is 5. The molecule has 0 heterocycles. The molecule has 1 aromatic rings. The molecule has 9 nitrogen and oxygen atoms in total. The Kier molecular flexibility index (Phi) is 9.15. The summed E-state index contributed by atoms with van der Waals surface area (Å²) >= 11 is 0. The van der Waals surface area contributed by atoms with E-state index in [0.717, 1.165) is 12.0 Å². The highest BCUT2D eigenvalue weighted by Crippen LogP contribution is 2.41. The molecule has 0 bridgehead atoms. The summed E-state index contributed by atoms with van der Waals surface area (Å²) in [5.74, 6) is -1.17. The Labute approximate surface area is 214 Å². The van der Waals surface area contributed by atoms with Gasteiger partial charge in [-0.25, -0.2) is 4.79 Å². The van der Waals surface area contributed by atoms with Crippen LogP contribution in [0.4, 0.5) is 4.79 Å². The maximum atomic E-state index is 14.1. The SMILES string of the molecule is Cc1ccccc1C(C(=O)NC(C)(C)C)N(C(=O)C(CCC(N)=O)NC(=O)OC(C)(C)C)C1CC1C. The zero-order valence-corrected chi connectivity index (χ0v) is 22.8. The first kappa shape index (κ1) is 29.1. The average molecular weight is 503 g/mol. The molecule has 4 atom stereocenters. The van der Waals surface area contributed by atoms with Gasteiger partial charge in [0.1, 0.15) is 17.7 Å². The van der Waals surface area contributed by atoms with Crippen LogP contribution in [0.5, 0.6) is 0 Å². The van der Waals surface area contributed by atoms with Crippen molar-refractivity contribution in [1.82, 2.24) is 15.5 Å². The van der Waals surface area contributed by atoms with Gasteiger partial charge in [-0.1, -0.05) is 31.2 Å². The van der Waals surface area contributed by atoms with Gasteiger partial charge in [-0.05, 0) is 78.4 Å². The van der Waals surface area contributed by atoms with E-state index in [9.17, 15) is 19.2 Å². The Morgan fingerprint density at radius 2 is 1.69 bits per heavy atom. The largest absolute Gasteiger partial charge is 0.444 e. The second-order valence-electron chi connectivity index (χ2n) is 11.7. The van der Waals surface area contributed by atoms with Crippen molar-refractivity contribution < 1.29 is 23.9 Å². The standard InChI is InChI=1S/C27H42N4O5/c1-16-11-9-10-12-18(16)22(23(33)30-26(3,4)5)31(20-15-17(20)2)24(34)19(13-14-21(28)32)29-25(35)36-27(6,7)8/h9-12,17,19-20,22H,13-15H2,1-8H3,(H2,28,32)(H,29,35)(H,30,33). The van der Waals surface area contributed by atoms with Gasteiger partial charge in [-0.3, -0.25) is 14.4 Å². The van der Waals surface area contributed by atoms with Crippen molar-refractivity contribution >= 4 is 23.8 Å². The second kappa shape index (κ2) is 11.3. The van der Waals surface area contributed by atoms with Crippen LogP contribution in [-0.4, -0.2) is 51.9 Å². The number of ether oxygens (including phenoxy) is 1. The lowest BCUT2D eigenvalue weighted by molar-refractivity contribution is -0.144. The molecule has 1 saturated carbocycles. The summed E-state index contributed by atoms with van der Waals surface area (Å²) in [6.07, 6.45) is -0.164. The number of benzene rings is 1. The van der Waals surface area contributed by atoms with Gasteiger partial charge in [0.2, 0.25) is 17.7 Å². The molecule has 4 unspecified atom stereocenters. The number of nitrogens with zero attached hydrogens (tertiary/aromatic N) is 1. The van der Waals surface area contributed by atoms with Crippen LogP contribution in [0, 0.1) is 12.8 Å². The minimum atomic E-state index is -1.09. The quantitative estimate of drug-likeness (QED) is 0.477. The van der Waals surface area contributed by atoms with Gasteiger partial charge < -0.3 is 26.0 Å². The second-order valence-corrected chi connectivity index (χ2v) is 11.7. The summed E-state index contributed by atoms with van der Waals surface area (Å²) in [6, 6.07) is 5.26. The number of aryl methyl sites for hydroxylation is 1. The number of carbonyl (C=O) groups is 4. The van der Waals surface area contributed by atoms with Gasteiger partial charge in [-0.15, -0.1) is 0 Å². The third-order valence-corrected chi connectivity index (χ3v) is 5.86. The van der Waals surface area contributed by atoms with Gasteiger partial charge in [-0.2, -0.15) is 0 Å². The zero-order chi connectivity index (χ0) is 27.4. The third-order valence-electron chi connectivity index (χ3n) is 5.86. The lowest BCUT2D eigenvalue weighted by Crippen LogP contribution is -2.55. The molecule has 200 valence electrons. The number of carbonyl (C=O) groups excluding carboxylic acids is 4. The fourth-order valence-electron chi connectivity index (χ4n) is 4.09. The molecule has 9 heteroatoms.